The third-order valence-electron chi connectivity index (χ3n) is 7.43. The summed E-state index contributed by atoms with van der Waals surface area (Å²) < 4.78 is 12.0. The number of ether oxygens (including phenoxy) is 2. The van der Waals surface area contributed by atoms with Gasteiger partial charge < -0.3 is 15.2 Å². The summed E-state index contributed by atoms with van der Waals surface area (Å²) in [5.41, 5.74) is 8.54. The third kappa shape index (κ3) is 7.70. The van der Waals surface area contributed by atoms with E-state index in [1.54, 1.807) is 0 Å². The molecule has 0 amide bonds. The molecule has 0 atom stereocenters. The summed E-state index contributed by atoms with van der Waals surface area (Å²) in [5, 5.41) is 0. The van der Waals surface area contributed by atoms with Gasteiger partial charge in [0.05, 0.1) is 0 Å². The Balaban J connectivity index is 1.24. The fraction of sp³-hybridized carbons (Fsp3) is 0.294. The lowest BCUT2D eigenvalue weighted by Gasteiger charge is -2.32. The zero-order valence-electron chi connectivity index (χ0n) is 22.0. The van der Waals surface area contributed by atoms with Crippen LogP contribution < -0.4 is 15.2 Å². The molecule has 1 fully saturated rings. The van der Waals surface area contributed by atoms with Gasteiger partial charge in [0.25, 0.3) is 0 Å². The molecule has 38 heavy (non-hydrogen) atoms. The van der Waals surface area contributed by atoms with Gasteiger partial charge in [-0.25, -0.2) is 0 Å². The fourth-order valence-corrected chi connectivity index (χ4v) is 5.29. The minimum atomic E-state index is 0.703. The molecule has 196 valence electrons. The van der Waals surface area contributed by atoms with Crippen molar-refractivity contribution in [1.29, 1.82) is 0 Å². The minimum Gasteiger partial charge on any atom is -0.457 e. The van der Waals surface area contributed by atoms with E-state index in [2.05, 4.69) is 53.4 Å². The molecule has 4 nitrogen and oxygen atoms in total. The van der Waals surface area contributed by atoms with Gasteiger partial charge in [0.15, 0.2) is 0 Å². The van der Waals surface area contributed by atoms with E-state index in [1.807, 2.05) is 60.7 Å². The van der Waals surface area contributed by atoms with Crippen LogP contribution in [0.1, 0.15) is 36.8 Å². The van der Waals surface area contributed by atoms with Gasteiger partial charge in [0.1, 0.15) is 23.0 Å². The Kier molecular flexibility index (Phi) is 9.09. The summed E-state index contributed by atoms with van der Waals surface area (Å²) in [6.45, 7) is 3.74. The van der Waals surface area contributed by atoms with Crippen LogP contribution in [-0.2, 0) is 13.1 Å². The summed E-state index contributed by atoms with van der Waals surface area (Å²) in [5.74, 6) is 4.86. The first-order valence-corrected chi connectivity index (χ1v) is 13.8. The normalized spacial score (nSPS) is 17.3. The average Bonchev–Trinajstić information content (AvgIpc) is 2.97. The Morgan fingerprint density at radius 2 is 0.921 bits per heavy atom. The van der Waals surface area contributed by atoms with E-state index in [-0.39, 0.29) is 0 Å². The number of rotatable bonds is 11. The van der Waals surface area contributed by atoms with Crippen LogP contribution in [-0.4, -0.2) is 18.0 Å². The van der Waals surface area contributed by atoms with E-state index in [4.69, 9.17) is 15.2 Å². The average molecular weight is 507 g/mol. The number of hydrogen-bond donors (Lipinski definition) is 1. The van der Waals surface area contributed by atoms with Crippen molar-refractivity contribution in [1.82, 2.24) is 4.90 Å². The Morgan fingerprint density at radius 3 is 1.34 bits per heavy atom. The molecule has 1 saturated carbocycles. The molecule has 0 aliphatic heterocycles. The monoisotopic (exact) mass is 506 g/mol. The molecule has 0 radical (unpaired) electrons. The zero-order chi connectivity index (χ0) is 26.0. The van der Waals surface area contributed by atoms with Crippen LogP contribution in [0, 0.1) is 11.8 Å². The topological polar surface area (TPSA) is 47.7 Å². The molecule has 4 heteroatoms. The highest BCUT2D eigenvalue weighted by Gasteiger charge is 2.22. The lowest BCUT2D eigenvalue weighted by Crippen LogP contribution is -2.32. The summed E-state index contributed by atoms with van der Waals surface area (Å²) in [6.07, 6.45) is 5.05. The first-order chi connectivity index (χ1) is 18.7. The van der Waals surface area contributed by atoms with Crippen molar-refractivity contribution in [2.24, 2.45) is 17.6 Å². The molecule has 0 spiro atoms. The highest BCUT2D eigenvalue weighted by Crippen LogP contribution is 2.30. The SMILES string of the molecule is NCC1CCC(CN(Cc2ccc(Oc3ccccc3)cc2)Cc2ccc(Oc3ccccc3)cc2)CC1. The largest absolute Gasteiger partial charge is 0.457 e. The van der Waals surface area contributed by atoms with Crippen LogP contribution in [0.4, 0.5) is 0 Å². The van der Waals surface area contributed by atoms with Crippen LogP contribution >= 0.6 is 0 Å². The molecular weight excluding hydrogens is 468 g/mol. The van der Waals surface area contributed by atoms with Gasteiger partial charge in [0.2, 0.25) is 0 Å². The van der Waals surface area contributed by atoms with E-state index in [0.717, 1.165) is 55.1 Å². The molecule has 1 aliphatic carbocycles. The number of hydrogen-bond acceptors (Lipinski definition) is 4. The second kappa shape index (κ2) is 13.3. The first-order valence-electron chi connectivity index (χ1n) is 13.8. The maximum absolute atomic E-state index is 5.99. The number of nitrogens with zero attached hydrogens (tertiary/aromatic N) is 1. The van der Waals surface area contributed by atoms with Gasteiger partial charge in [0, 0.05) is 19.6 Å². The van der Waals surface area contributed by atoms with Crippen molar-refractivity contribution in [3.05, 3.63) is 120 Å². The summed E-state index contributed by atoms with van der Waals surface area (Å²) >= 11 is 0. The highest BCUT2D eigenvalue weighted by atomic mass is 16.5. The molecule has 2 N–H and O–H groups in total. The molecule has 0 bridgehead atoms. The Morgan fingerprint density at radius 1 is 0.526 bits per heavy atom. The molecule has 1 aliphatic rings. The second-order valence-electron chi connectivity index (χ2n) is 10.4. The maximum Gasteiger partial charge on any atom is 0.127 e. The molecule has 0 saturated heterocycles. The van der Waals surface area contributed by atoms with Crippen molar-refractivity contribution in [3.8, 4) is 23.0 Å². The molecule has 5 rings (SSSR count). The summed E-state index contributed by atoms with van der Waals surface area (Å²) in [4.78, 5) is 2.59. The maximum atomic E-state index is 5.99. The second-order valence-corrected chi connectivity index (χ2v) is 10.4. The van der Waals surface area contributed by atoms with Gasteiger partial charge in [-0.3, -0.25) is 4.90 Å². The fourth-order valence-electron chi connectivity index (χ4n) is 5.29. The van der Waals surface area contributed by atoms with Crippen molar-refractivity contribution >= 4 is 0 Å². The van der Waals surface area contributed by atoms with Gasteiger partial charge in [-0.15, -0.1) is 0 Å². The third-order valence-corrected chi connectivity index (χ3v) is 7.43. The predicted molar refractivity (Wildman–Crippen MR) is 155 cm³/mol. The highest BCUT2D eigenvalue weighted by molar-refractivity contribution is 5.34. The van der Waals surface area contributed by atoms with E-state index >= 15 is 0 Å². The predicted octanol–water partition coefficient (Wildman–Crippen LogP) is 8.04. The van der Waals surface area contributed by atoms with Crippen LogP contribution in [0.5, 0.6) is 23.0 Å². The first kappa shape index (κ1) is 26.0. The Labute approximate surface area is 227 Å². The molecule has 0 heterocycles. The minimum absolute atomic E-state index is 0.703. The van der Waals surface area contributed by atoms with Crippen LogP contribution in [0.15, 0.2) is 109 Å². The van der Waals surface area contributed by atoms with E-state index < -0.39 is 0 Å². The molecule has 0 aromatic heterocycles. The molecule has 0 unspecified atom stereocenters. The Hall–Kier alpha value is -3.60. The van der Waals surface area contributed by atoms with Gasteiger partial charge in [-0.2, -0.15) is 0 Å². The Bertz CT molecular complexity index is 1130. The molecule has 4 aromatic rings. The number of nitrogens with two attached hydrogens (primary N) is 1. The number of para-hydroxylation sites is 2. The smallest absolute Gasteiger partial charge is 0.127 e. The van der Waals surface area contributed by atoms with Crippen molar-refractivity contribution in [2.45, 2.75) is 38.8 Å². The van der Waals surface area contributed by atoms with Gasteiger partial charge in [-0.05, 0) is 104 Å². The van der Waals surface area contributed by atoms with E-state index in [9.17, 15) is 0 Å². The van der Waals surface area contributed by atoms with Gasteiger partial charge in [-0.1, -0.05) is 60.7 Å². The zero-order valence-corrected chi connectivity index (χ0v) is 22.0. The molecule has 4 aromatic carbocycles. The van der Waals surface area contributed by atoms with Gasteiger partial charge >= 0.3 is 0 Å². The quantitative estimate of drug-likeness (QED) is 0.224. The lowest BCUT2D eigenvalue weighted by molar-refractivity contribution is 0.170. The lowest BCUT2D eigenvalue weighted by atomic mass is 9.82. The van der Waals surface area contributed by atoms with Crippen LogP contribution in [0.2, 0.25) is 0 Å². The summed E-state index contributed by atoms with van der Waals surface area (Å²) in [7, 11) is 0. The van der Waals surface area contributed by atoms with Crippen molar-refractivity contribution in [2.75, 3.05) is 13.1 Å². The summed E-state index contributed by atoms with van der Waals surface area (Å²) in [6, 6.07) is 36.9. The van der Waals surface area contributed by atoms with E-state index in [0.29, 0.717) is 5.92 Å². The van der Waals surface area contributed by atoms with Crippen molar-refractivity contribution < 1.29 is 9.47 Å². The van der Waals surface area contributed by atoms with Crippen molar-refractivity contribution in [3.63, 3.8) is 0 Å². The molecular formula is C34H38N2O2. The standard InChI is InChI=1S/C34H38N2O2/c35-23-27-11-13-28(14-12-27)24-36(25-29-15-19-33(20-16-29)37-31-7-3-1-4-8-31)26-30-17-21-34(22-18-30)38-32-9-5-2-6-10-32/h1-10,15-22,27-28H,11-14,23-26,35H2. The number of benzene rings is 4. The van der Waals surface area contributed by atoms with Crippen LogP contribution in [0.25, 0.3) is 0 Å². The van der Waals surface area contributed by atoms with Crippen LogP contribution in [0.3, 0.4) is 0 Å². The van der Waals surface area contributed by atoms with E-state index in [1.165, 1.54) is 36.8 Å².